The lowest BCUT2D eigenvalue weighted by atomic mass is 10.1. The molecule has 0 bridgehead atoms. The maximum atomic E-state index is 12.3. The Kier molecular flexibility index (Phi) is 7.11. The van der Waals surface area contributed by atoms with E-state index < -0.39 is 48.0 Å². The molecule has 1 aliphatic rings. The van der Waals surface area contributed by atoms with E-state index in [2.05, 4.69) is 5.32 Å². The predicted octanol–water partition coefficient (Wildman–Crippen LogP) is -1.88. The van der Waals surface area contributed by atoms with Crippen LogP contribution in [0.15, 0.2) is 0 Å². The molecule has 1 rings (SSSR count). The number of carbonyl (C=O) groups is 4. The van der Waals surface area contributed by atoms with Crippen molar-refractivity contribution in [2.45, 2.75) is 56.8 Å². The molecule has 10 nitrogen and oxygen atoms in total. The largest absolute Gasteiger partial charge is 0.481 e. The molecule has 0 spiro atoms. The van der Waals surface area contributed by atoms with Crippen LogP contribution in [0, 0.1) is 0 Å². The molecule has 0 aliphatic carbocycles. The highest BCUT2D eigenvalue weighted by Crippen LogP contribution is 2.19. The summed E-state index contributed by atoms with van der Waals surface area (Å²) < 4.78 is 0. The lowest BCUT2D eigenvalue weighted by molar-refractivity contribution is -0.146. The fourth-order valence-corrected chi connectivity index (χ4v) is 2.56. The number of nitrogens with one attached hydrogen (secondary N) is 1. The average molecular weight is 345 g/mol. The summed E-state index contributed by atoms with van der Waals surface area (Å²) in [6, 6.07) is -3.40. The summed E-state index contributed by atoms with van der Waals surface area (Å²) in [4.78, 5) is 47.4. The van der Waals surface area contributed by atoms with Gasteiger partial charge < -0.3 is 31.3 Å². The van der Waals surface area contributed by atoms with Crippen LogP contribution in [0.4, 0.5) is 0 Å². The van der Waals surface area contributed by atoms with E-state index in [1.807, 2.05) is 0 Å². The number of rotatable bonds is 8. The van der Waals surface area contributed by atoms with Gasteiger partial charge in [-0.2, -0.15) is 0 Å². The van der Waals surface area contributed by atoms with Crippen molar-refractivity contribution in [3.05, 3.63) is 0 Å². The molecule has 136 valence electrons. The number of aliphatic hydroxyl groups is 1. The minimum atomic E-state index is -1.48. The first-order valence-corrected chi connectivity index (χ1v) is 7.64. The second-order valence-corrected chi connectivity index (χ2v) is 5.79. The van der Waals surface area contributed by atoms with Crippen LogP contribution in [0.25, 0.3) is 0 Å². The average Bonchev–Trinajstić information content (AvgIpc) is 2.97. The number of aliphatic carboxylic acids is 2. The topological polar surface area (TPSA) is 170 Å². The standard InChI is InChI=1S/C14H23N3O7/c1-7(18)11(14(23)24)16-12(21)9-3-2-6-17(9)13(22)8(15)4-5-10(19)20/h7-9,11,18H,2-6,15H2,1H3,(H,16,21)(H,19,20)(H,23,24)/t7-,8+,9+,11+/m1/s1. The highest BCUT2D eigenvalue weighted by molar-refractivity contribution is 5.92. The summed E-state index contributed by atoms with van der Waals surface area (Å²) >= 11 is 0. The van der Waals surface area contributed by atoms with Crippen molar-refractivity contribution in [3.8, 4) is 0 Å². The van der Waals surface area contributed by atoms with E-state index in [-0.39, 0.29) is 19.4 Å². The molecule has 0 unspecified atom stereocenters. The molecule has 0 aromatic heterocycles. The minimum Gasteiger partial charge on any atom is -0.481 e. The number of amides is 2. The van der Waals surface area contributed by atoms with Gasteiger partial charge in [-0.1, -0.05) is 0 Å². The van der Waals surface area contributed by atoms with Crippen LogP contribution in [0.2, 0.25) is 0 Å². The van der Waals surface area contributed by atoms with Crippen LogP contribution < -0.4 is 11.1 Å². The van der Waals surface area contributed by atoms with Crippen molar-refractivity contribution in [1.29, 1.82) is 0 Å². The number of nitrogens with zero attached hydrogens (tertiary/aromatic N) is 1. The predicted molar refractivity (Wildman–Crippen MR) is 80.8 cm³/mol. The first-order valence-electron chi connectivity index (χ1n) is 7.64. The zero-order chi connectivity index (χ0) is 18.4. The van der Waals surface area contributed by atoms with E-state index in [4.69, 9.17) is 15.9 Å². The molecule has 0 aromatic carbocycles. The van der Waals surface area contributed by atoms with Gasteiger partial charge in [-0.05, 0) is 26.2 Å². The van der Waals surface area contributed by atoms with E-state index in [9.17, 15) is 24.3 Å². The molecular formula is C14H23N3O7. The Bertz CT molecular complexity index is 509. The monoisotopic (exact) mass is 345 g/mol. The number of hydrogen-bond acceptors (Lipinski definition) is 6. The van der Waals surface area contributed by atoms with E-state index in [1.54, 1.807) is 0 Å². The number of aliphatic hydroxyl groups excluding tert-OH is 1. The van der Waals surface area contributed by atoms with Crippen molar-refractivity contribution < 1.29 is 34.5 Å². The first kappa shape index (κ1) is 19.8. The third-order valence-electron chi connectivity index (χ3n) is 3.87. The fourth-order valence-electron chi connectivity index (χ4n) is 2.56. The van der Waals surface area contributed by atoms with Crippen molar-refractivity contribution in [3.63, 3.8) is 0 Å². The Morgan fingerprint density at radius 3 is 2.42 bits per heavy atom. The van der Waals surface area contributed by atoms with Crippen LogP contribution in [-0.4, -0.2) is 74.7 Å². The Balaban J connectivity index is 2.73. The summed E-state index contributed by atoms with van der Waals surface area (Å²) in [5, 5.41) is 29.2. The third-order valence-corrected chi connectivity index (χ3v) is 3.87. The van der Waals surface area contributed by atoms with Crippen LogP contribution in [0.1, 0.15) is 32.6 Å². The number of hydrogen-bond donors (Lipinski definition) is 5. The summed E-state index contributed by atoms with van der Waals surface area (Å²) in [6.07, 6.45) is -0.725. The number of carboxylic acid groups (broad SMARTS) is 2. The smallest absolute Gasteiger partial charge is 0.328 e. The zero-order valence-corrected chi connectivity index (χ0v) is 13.3. The van der Waals surface area contributed by atoms with Crippen molar-refractivity contribution in [1.82, 2.24) is 10.2 Å². The van der Waals surface area contributed by atoms with Gasteiger partial charge in [0.1, 0.15) is 6.04 Å². The van der Waals surface area contributed by atoms with Gasteiger partial charge in [0.2, 0.25) is 11.8 Å². The summed E-state index contributed by atoms with van der Waals surface area (Å²) in [6.45, 7) is 1.52. The summed E-state index contributed by atoms with van der Waals surface area (Å²) in [7, 11) is 0. The van der Waals surface area contributed by atoms with Crippen LogP contribution >= 0.6 is 0 Å². The maximum absolute atomic E-state index is 12.3. The first-order chi connectivity index (χ1) is 11.1. The highest BCUT2D eigenvalue weighted by Gasteiger charge is 2.38. The van der Waals surface area contributed by atoms with Crippen LogP contribution in [-0.2, 0) is 19.2 Å². The third kappa shape index (κ3) is 5.17. The lowest BCUT2D eigenvalue weighted by Crippen LogP contribution is -2.56. The van der Waals surface area contributed by atoms with E-state index in [1.165, 1.54) is 11.8 Å². The summed E-state index contributed by atoms with van der Waals surface area (Å²) in [5.74, 6) is -3.68. The molecular weight excluding hydrogens is 322 g/mol. The van der Waals surface area contributed by atoms with Gasteiger partial charge in [0.15, 0.2) is 6.04 Å². The molecule has 0 aromatic rings. The zero-order valence-electron chi connectivity index (χ0n) is 13.3. The number of carbonyl (C=O) groups excluding carboxylic acids is 2. The Morgan fingerprint density at radius 1 is 1.29 bits per heavy atom. The molecule has 1 saturated heterocycles. The van der Waals surface area contributed by atoms with Gasteiger partial charge in [0.25, 0.3) is 0 Å². The molecule has 0 radical (unpaired) electrons. The number of likely N-dealkylation sites (tertiary alicyclic amines) is 1. The Labute approximate surface area is 138 Å². The van der Waals surface area contributed by atoms with Gasteiger partial charge in [-0.15, -0.1) is 0 Å². The molecule has 4 atom stereocenters. The van der Waals surface area contributed by atoms with Crippen molar-refractivity contribution >= 4 is 23.8 Å². The lowest BCUT2D eigenvalue weighted by Gasteiger charge is -2.28. The molecule has 10 heteroatoms. The van der Waals surface area contributed by atoms with Gasteiger partial charge in [-0.25, -0.2) is 4.79 Å². The molecule has 2 amide bonds. The maximum Gasteiger partial charge on any atom is 0.328 e. The second kappa shape index (κ2) is 8.60. The molecule has 6 N–H and O–H groups in total. The SMILES string of the molecule is C[C@@H](O)[C@H](NC(=O)[C@@H]1CCCN1C(=O)[C@@H](N)CCC(=O)O)C(=O)O. The Morgan fingerprint density at radius 2 is 1.92 bits per heavy atom. The second-order valence-electron chi connectivity index (χ2n) is 5.79. The van der Waals surface area contributed by atoms with Crippen molar-refractivity contribution in [2.24, 2.45) is 5.73 Å². The number of carboxylic acids is 2. The van der Waals surface area contributed by atoms with Crippen molar-refractivity contribution in [2.75, 3.05) is 6.54 Å². The van der Waals surface area contributed by atoms with Crippen LogP contribution in [0.5, 0.6) is 0 Å². The van der Waals surface area contributed by atoms with Gasteiger partial charge in [0.05, 0.1) is 12.1 Å². The molecule has 1 aliphatic heterocycles. The fraction of sp³-hybridized carbons (Fsp3) is 0.714. The number of nitrogens with two attached hydrogens (primary N) is 1. The van der Waals surface area contributed by atoms with Gasteiger partial charge >= 0.3 is 11.9 Å². The summed E-state index contributed by atoms with van der Waals surface area (Å²) in [5.41, 5.74) is 5.69. The molecule has 24 heavy (non-hydrogen) atoms. The molecule has 1 heterocycles. The Hall–Kier alpha value is -2.20. The molecule has 0 saturated carbocycles. The minimum absolute atomic E-state index is 0.0512. The van der Waals surface area contributed by atoms with Crippen LogP contribution in [0.3, 0.4) is 0 Å². The van der Waals surface area contributed by atoms with E-state index in [0.29, 0.717) is 12.8 Å². The van der Waals surface area contributed by atoms with E-state index >= 15 is 0 Å². The van der Waals surface area contributed by atoms with Gasteiger partial charge in [-0.3, -0.25) is 14.4 Å². The normalized spacial score (nSPS) is 21.0. The van der Waals surface area contributed by atoms with E-state index in [0.717, 1.165) is 0 Å². The quantitative estimate of drug-likeness (QED) is 0.340. The van der Waals surface area contributed by atoms with Gasteiger partial charge in [0, 0.05) is 13.0 Å². The molecule has 1 fully saturated rings. The highest BCUT2D eigenvalue weighted by atomic mass is 16.4.